The van der Waals surface area contributed by atoms with Gasteiger partial charge in [-0.3, -0.25) is 9.67 Å². The Kier molecular flexibility index (Phi) is 3.39. The fraction of sp³-hybridized carbons (Fsp3) is 0.333. The van der Waals surface area contributed by atoms with Crippen molar-refractivity contribution in [2.45, 2.75) is 26.5 Å². The first-order valence-corrected chi connectivity index (χ1v) is 5.47. The van der Waals surface area contributed by atoms with E-state index in [4.69, 9.17) is 9.84 Å². The van der Waals surface area contributed by atoms with Gasteiger partial charge in [-0.25, -0.2) is 0 Å². The first kappa shape index (κ1) is 11.6. The number of hydrogen-bond acceptors (Lipinski definition) is 4. The van der Waals surface area contributed by atoms with Crippen LogP contribution in [-0.4, -0.2) is 19.9 Å². The van der Waals surface area contributed by atoms with Crippen molar-refractivity contribution in [3.8, 4) is 11.5 Å². The Bertz CT molecular complexity index is 494. The molecule has 0 aliphatic heterocycles. The topological polar surface area (TPSA) is 60.2 Å². The molecular weight excluding hydrogens is 218 g/mol. The molecule has 0 atom stereocenters. The quantitative estimate of drug-likeness (QED) is 0.878. The minimum absolute atomic E-state index is 0.0948. The van der Waals surface area contributed by atoms with Gasteiger partial charge in [0.25, 0.3) is 0 Å². The summed E-state index contributed by atoms with van der Waals surface area (Å²) in [5.41, 5.74) is 0.582. The van der Waals surface area contributed by atoms with Gasteiger partial charge in [0.05, 0.1) is 24.7 Å². The van der Waals surface area contributed by atoms with Gasteiger partial charge < -0.3 is 9.84 Å². The van der Waals surface area contributed by atoms with E-state index in [1.807, 2.05) is 24.7 Å². The molecule has 0 spiro atoms. The van der Waals surface area contributed by atoms with Crippen molar-refractivity contribution in [1.82, 2.24) is 14.8 Å². The van der Waals surface area contributed by atoms with Gasteiger partial charge in [0, 0.05) is 18.3 Å². The molecule has 0 aliphatic carbocycles. The minimum atomic E-state index is -0.0948. The van der Waals surface area contributed by atoms with Crippen molar-refractivity contribution in [2.24, 2.45) is 0 Å². The lowest BCUT2D eigenvalue weighted by molar-refractivity contribution is 0.276. The van der Waals surface area contributed by atoms with Crippen LogP contribution in [-0.2, 0) is 6.61 Å². The average Bonchev–Trinajstić information content (AvgIpc) is 2.78. The van der Waals surface area contributed by atoms with Crippen LogP contribution in [0.25, 0.3) is 0 Å². The summed E-state index contributed by atoms with van der Waals surface area (Å²) in [6.45, 7) is 4.00. The van der Waals surface area contributed by atoms with Gasteiger partial charge in [0.15, 0.2) is 5.75 Å². The van der Waals surface area contributed by atoms with Crippen molar-refractivity contribution in [3.63, 3.8) is 0 Å². The lowest BCUT2D eigenvalue weighted by atomic mass is 10.3. The monoisotopic (exact) mass is 233 g/mol. The first-order chi connectivity index (χ1) is 8.19. The van der Waals surface area contributed by atoms with E-state index < -0.39 is 0 Å². The Hall–Kier alpha value is -1.88. The van der Waals surface area contributed by atoms with Crippen molar-refractivity contribution in [3.05, 3.63) is 36.4 Å². The SMILES string of the molecule is CC(C)n1cc(Oc2ccnc(CO)c2)cn1. The highest BCUT2D eigenvalue weighted by molar-refractivity contribution is 5.28. The second kappa shape index (κ2) is 4.97. The van der Waals surface area contributed by atoms with Crippen molar-refractivity contribution < 1.29 is 9.84 Å². The van der Waals surface area contributed by atoms with E-state index in [0.717, 1.165) is 0 Å². The Morgan fingerprint density at radius 1 is 1.41 bits per heavy atom. The van der Waals surface area contributed by atoms with E-state index in [-0.39, 0.29) is 6.61 Å². The molecule has 0 saturated heterocycles. The lowest BCUT2D eigenvalue weighted by Crippen LogP contribution is -1.99. The molecule has 2 aromatic heterocycles. The molecule has 5 heteroatoms. The Labute approximate surface area is 99.7 Å². The highest BCUT2D eigenvalue weighted by atomic mass is 16.5. The van der Waals surface area contributed by atoms with Crippen LogP contribution in [0.2, 0.25) is 0 Å². The van der Waals surface area contributed by atoms with E-state index in [1.165, 1.54) is 0 Å². The maximum atomic E-state index is 8.97. The molecule has 2 rings (SSSR count). The molecule has 0 bridgehead atoms. The summed E-state index contributed by atoms with van der Waals surface area (Å²) in [4.78, 5) is 3.98. The maximum Gasteiger partial charge on any atom is 0.165 e. The maximum absolute atomic E-state index is 8.97. The molecule has 5 nitrogen and oxygen atoms in total. The van der Waals surface area contributed by atoms with Gasteiger partial charge in [-0.05, 0) is 19.9 Å². The third-order valence-electron chi connectivity index (χ3n) is 2.29. The summed E-state index contributed by atoms with van der Waals surface area (Å²) in [6, 6.07) is 3.75. The molecule has 0 radical (unpaired) electrons. The summed E-state index contributed by atoms with van der Waals surface area (Å²) < 4.78 is 7.44. The molecular formula is C12H15N3O2. The third kappa shape index (κ3) is 2.82. The van der Waals surface area contributed by atoms with Gasteiger partial charge in [-0.15, -0.1) is 0 Å². The summed E-state index contributed by atoms with van der Waals surface area (Å²) in [5.74, 6) is 1.32. The number of ether oxygens (including phenoxy) is 1. The molecule has 0 saturated carbocycles. The predicted molar refractivity (Wildman–Crippen MR) is 62.8 cm³/mol. The molecule has 1 N–H and O–H groups in total. The highest BCUT2D eigenvalue weighted by Gasteiger charge is 2.04. The molecule has 0 aromatic carbocycles. The average molecular weight is 233 g/mol. The number of aromatic nitrogens is 3. The summed E-state index contributed by atoms with van der Waals surface area (Å²) in [7, 11) is 0. The Morgan fingerprint density at radius 3 is 2.88 bits per heavy atom. The van der Waals surface area contributed by atoms with Gasteiger partial charge in [0.2, 0.25) is 0 Å². The summed E-state index contributed by atoms with van der Waals surface area (Å²) in [5, 5.41) is 13.2. The van der Waals surface area contributed by atoms with Gasteiger partial charge in [-0.2, -0.15) is 5.10 Å². The number of hydrogen-bond donors (Lipinski definition) is 1. The van der Waals surface area contributed by atoms with E-state index in [1.54, 1.807) is 24.5 Å². The van der Waals surface area contributed by atoms with E-state index in [0.29, 0.717) is 23.2 Å². The van der Waals surface area contributed by atoms with Gasteiger partial charge >= 0.3 is 0 Å². The van der Waals surface area contributed by atoms with Gasteiger partial charge in [-0.1, -0.05) is 0 Å². The molecule has 0 aliphatic rings. The molecule has 2 heterocycles. The van der Waals surface area contributed by atoms with Crippen molar-refractivity contribution >= 4 is 0 Å². The fourth-order valence-corrected chi connectivity index (χ4v) is 1.40. The second-order valence-electron chi connectivity index (χ2n) is 3.99. The Balaban J connectivity index is 2.13. The zero-order valence-electron chi connectivity index (χ0n) is 9.87. The molecule has 0 unspecified atom stereocenters. The fourth-order valence-electron chi connectivity index (χ4n) is 1.40. The van der Waals surface area contributed by atoms with E-state index in [2.05, 4.69) is 10.1 Å². The standard InChI is InChI=1S/C12H15N3O2/c1-9(2)15-7-12(6-14-15)17-11-3-4-13-10(5-11)8-16/h3-7,9,16H,8H2,1-2H3. The van der Waals surface area contributed by atoms with Crippen LogP contribution in [0.4, 0.5) is 0 Å². The van der Waals surface area contributed by atoms with Crippen LogP contribution in [0.1, 0.15) is 25.6 Å². The first-order valence-electron chi connectivity index (χ1n) is 5.47. The normalized spacial score (nSPS) is 10.8. The summed E-state index contributed by atoms with van der Waals surface area (Å²) >= 11 is 0. The van der Waals surface area contributed by atoms with Crippen LogP contribution >= 0.6 is 0 Å². The second-order valence-corrected chi connectivity index (χ2v) is 3.99. The smallest absolute Gasteiger partial charge is 0.165 e. The van der Waals surface area contributed by atoms with Crippen molar-refractivity contribution in [1.29, 1.82) is 0 Å². The third-order valence-corrected chi connectivity index (χ3v) is 2.29. The van der Waals surface area contributed by atoms with Crippen LogP contribution in [0.5, 0.6) is 11.5 Å². The number of aliphatic hydroxyl groups excluding tert-OH is 1. The molecule has 2 aromatic rings. The zero-order valence-corrected chi connectivity index (χ0v) is 9.87. The molecule has 17 heavy (non-hydrogen) atoms. The van der Waals surface area contributed by atoms with Gasteiger partial charge in [0.1, 0.15) is 5.75 Å². The lowest BCUT2D eigenvalue weighted by Gasteiger charge is -2.04. The molecule has 0 fully saturated rings. The van der Waals surface area contributed by atoms with Crippen LogP contribution in [0.15, 0.2) is 30.7 Å². The van der Waals surface area contributed by atoms with Crippen molar-refractivity contribution in [2.75, 3.05) is 0 Å². The molecule has 90 valence electrons. The van der Waals surface area contributed by atoms with E-state index >= 15 is 0 Å². The minimum Gasteiger partial charge on any atom is -0.454 e. The van der Waals surface area contributed by atoms with E-state index in [9.17, 15) is 0 Å². The number of nitrogens with zero attached hydrogens (tertiary/aromatic N) is 3. The molecule has 0 amide bonds. The summed E-state index contributed by atoms with van der Waals surface area (Å²) in [6.07, 6.45) is 5.11. The Morgan fingerprint density at radius 2 is 2.24 bits per heavy atom. The number of pyridine rings is 1. The predicted octanol–water partition coefficient (Wildman–Crippen LogP) is 2.14. The van der Waals surface area contributed by atoms with Crippen LogP contribution in [0.3, 0.4) is 0 Å². The van der Waals surface area contributed by atoms with Crippen LogP contribution in [0, 0.1) is 0 Å². The van der Waals surface area contributed by atoms with Crippen LogP contribution < -0.4 is 4.74 Å². The zero-order chi connectivity index (χ0) is 12.3. The number of aliphatic hydroxyl groups is 1. The highest BCUT2D eigenvalue weighted by Crippen LogP contribution is 2.21. The number of rotatable bonds is 4. The largest absolute Gasteiger partial charge is 0.454 e.